The lowest BCUT2D eigenvalue weighted by Gasteiger charge is -2.10. The fourth-order valence-corrected chi connectivity index (χ4v) is 2.31. The molecule has 0 saturated carbocycles. The lowest BCUT2D eigenvalue weighted by molar-refractivity contribution is 0.0691. The van der Waals surface area contributed by atoms with E-state index in [9.17, 15) is 9.18 Å². The molecule has 1 heterocycles. The van der Waals surface area contributed by atoms with E-state index in [1.165, 1.54) is 12.1 Å². The molecule has 3 nitrogen and oxygen atoms in total. The number of benzene rings is 1. The Morgan fingerprint density at radius 2 is 1.84 bits per heavy atom. The molecule has 7 heteroatoms. The predicted octanol–water partition coefficient (Wildman–Crippen LogP) is 4.55. The van der Waals surface area contributed by atoms with Crippen LogP contribution in [-0.2, 0) is 0 Å². The molecular weight excluding hydrogens is 315 g/mol. The molecule has 0 amide bonds. The van der Waals surface area contributed by atoms with Crippen molar-refractivity contribution < 1.29 is 14.3 Å². The molecule has 0 saturated heterocycles. The van der Waals surface area contributed by atoms with E-state index in [1.54, 1.807) is 0 Å². The standard InChI is InChI=1S/C12H5Cl3FNO2/c13-7-1-2-8(14)10(15)9(7)6-3-5(16)4-17-11(6)12(18)19/h1-4H,(H,18,19). The second-order valence-corrected chi connectivity index (χ2v) is 4.77. The largest absolute Gasteiger partial charge is 0.476 e. The summed E-state index contributed by atoms with van der Waals surface area (Å²) in [5.74, 6) is -2.02. The number of hydrogen-bond donors (Lipinski definition) is 1. The lowest BCUT2D eigenvalue weighted by atomic mass is 10.0. The van der Waals surface area contributed by atoms with Crippen LogP contribution in [0.25, 0.3) is 11.1 Å². The summed E-state index contributed by atoms with van der Waals surface area (Å²) >= 11 is 17.8. The van der Waals surface area contributed by atoms with Gasteiger partial charge < -0.3 is 5.11 Å². The summed E-state index contributed by atoms with van der Waals surface area (Å²) in [7, 11) is 0. The first-order chi connectivity index (χ1) is 8.91. The molecule has 2 aromatic rings. The minimum atomic E-state index is -1.32. The van der Waals surface area contributed by atoms with Gasteiger partial charge in [0.2, 0.25) is 0 Å². The summed E-state index contributed by atoms with van der Waals surface area (Å²) < 4.78 is 13.3. The highest BCUT2D eigenvalue weighted by molar-refractivity contribution is 6.46. The normalized spacial score (nSPS) is 10.5. The molecule has 1 N–H and O–H groups in total. The number of pyridine rings is 1. The maximum Gasteiger partial charge on any atom is 0.355 e. The van der Waals surface area contributed by atoms with Gasteiger partial charge in [0, 0.05) is 11.1 Å². The molecule has 0 unspecified atom stereocenters. The van der Waals surface area contributed by atoms with E-state index >= 15 is 0 Å². The first-order valence-corrected chi connectivity index (χ1v) is 6.08. The van der Waals surface area contributed by atoms with Gasteiger partial charge in [-0.1, -0.05) is 34.8 Å². The molecule has 0 aliphatic carbocycles. The molecule has 0 bridgehead atoms. The highest BCUT2D eigenvalue weighted by Crippen LogP contribution is 2.40. The van der Waals surface area contributed by atoms with Crippen LogP contribution in [0.4, 0.5) is 4.39 Å². The minimum absolute atomic E-state index is 0.0231. The first kappa shape index (κ1) is 14.1. The third-order valence-electron chi connectivity index (χ3n) is 2.37. The van der Waals surface area contributed by atoms with Gasteiger partial charge in [0.25, 0.3) is 0 Å². The second-order valence-electron chi connectivity index (χ2n) is 3.57. The van der Waals surface area contributed by atoms with E-state index in [-0.39, 0.29) is 31.9 Å². The number of carboxylic acids is 1. The Kier molecular flexibility index (Phi) is 3.94. The Hall–Kier alpha value is -1.36. The Balaban J connectivity index is 2.82. The van der Waals surface area contributed by atoms with Gasteiger partial charge in [-0.2, -0.15) is 0 Å². The van der Waals surface area contributed by atoms with Gasteiger partial charge in [0.15, 0.2) is 5.69 Å². The molecule has 1 aromatic carbocycles. The van der Waals surface area contributed by atoms with Crippen LogP contribution in [0.2, 0.25) is 15.1 Å². The smallest absolute Gasteiger partial charge is 0.355 e. The van der Waals surface area contributed by atoms with Gasteiger partial charge in [0.05, 0.1) is 21.3 Å². The van der Waals surface area contributed by atoms with Crippen molar-refractivity contribution in [2.24, 2.45) is 0 Å². The van der Waals surface area contributed by atoms with Crippen molar-refractivity contribution in [2.45, 2.75) is 0 Å². The number of carbonyl (C=O) groups is 1. The molecule has 0 aliphatic rings. The maximum absolute atomic E-state index is 13.3. The van der Waals surface area contributed by atoms with Gasteiger partial charge in [0.1, 0.15) is 5.82 Å². The van der Waals surface area contributed by atoms with Crippen molar-refractivity contribution in [3.8, 4) is 11.1 Å². The molecular formula is C12H5Cl3FNO2. The maximum atomic E-state index is 13.3. The molecule has 0 aliphatic heterocycles. The monoisotopic (exact) mass is 319 g/mol. The zero-order valence-corrected chi connectivity index (χ0v) is 11.4. The van der Waals surface area contributed by atoms with Crippen molar-refractivity contribution >= 4 is 40.8 Å². The van der Waals surface area contributed by atoms with E-state index in [1.807, 2.05) is 0 Å². The number of carboxylic acid groups (broad SMARTS) is 1. The number of halogens is 4. The van der Waals surface area contributed by atoms with Crippen LogP contribution in [0.1, 0.15) is 10.5 Å². The van der Waals surface area contributed by atoms with Crippen molar-refractivity contribution in [2.75, 3.05) is 0 Å². The minimum Gasteiger partial charge on any atom is -0.476 e. The van der Waals surface area contributed by atoms with E-state index in [4.69, 9.17) is 39.9 Å². The third kappa shape index (κ3) is 2.66. The van der Waals surface area contributed by atoms with E-state index in [2.05, 4.69) is 4.98 Å². The van der Waals surface area contributed by atoms with Crippen molar-refractivity contribution in [3.05, 3.63) is 51.0 Å². The fourth-order valence-electron chi connectivity index (χ4n) is 1.57. The summed E-state index contributed by atoms with van der Waals surface area (Å²) in [5.41, 5.74) is -0.238. The van der Waals surface area contributed by atoms with Gasteiger partial charge in [-0.15, -0.1) is 0 Å². The number of rotatable bonds is 2. The van der Waals surface area contributed by atoms with E-state index in [0.29, 0.717) is 0 Å². The lowest BCUT2D eigenvalue weighted by Crippen LogP contribution is -2.04. The van der Waals surface area contributed by atoms with Gasteiger partial charge >= 0.3 is 5.97 Å². The van der Waals surface area contributed by atoms with Crippen LogP contribution in [0.3, 0.4) is 0 Å². The highest BCUT2D eigenvalue weighted by Gasteiger charge is 2.20. The first-order valence-electron chi connectivity index (χ1n) is 4.94. The van der Waals surface area contributed by atoms with Crippen LogP contribution in [0.5, 0.6) is 0 Å². The zero-order chi connectivity index (χ0) is 14.2. The van der Waals surface area contributed by atoms with E-state index in [0.717, 1.165) is 12.3 Å². The second kappa shape index (κ2) is 5.33. The third-order valence-corrected chi connectivity index (χ3v) is 3.49. The Bertz CT molecular complexity index is 676. The summed E-state index contributed by atoms with van der Waals surface area (Å²) in [6.45, 7) is 0. The number of hydrogen-bond acceptors (Lipinski definition) is 2. The molecule has 0 radical (unpaired) electrons. The SMILES string of the molecule is O=C(O)c1ncc(F)cc1-c1c(Cl)ccc(Cl)c1Cl. The molecule has 0 atom stereocenters. The molecule has 1 aromatic heterocycles. The average Bonchev–Trinajstić information content (AvgIpc) is 2.34. The van der Waals surface area contributed by atoms with Crippen LogP contribution in [0.15, 0.2) is 24.4 Å². The number of aromatic carboxylic acids is 1. The average molecular weight is 321 g/mol. The predicted molar refractivity (Wildman–Crippen MR) is 71.6 cm³/mol. The fraction of sp³-hybridized carbons (Fsp3) is 0. The van der Waals surface area contributed by atoms with Crippen LogP contribution in [0, 0.1) is 5.82 Å². The van der Waals surface area contributed by atoms with Crippen molar-refractivity contribution in [1.82, 2.24) is 4.98 Å². The highest BCUT2D eigenvalue weighted by atomic mass is 35.5. The van der Waals surface area contributed by atoms with Crippen LogP contribution in [-0.4, -0.2) is 16.1 Å². The summed E-state index contributed by atoms with van der Waals surface area (Å²) in [6.07, 6.45) is 0.805. The molecule has 2 rings (SSSR count). The zero-order valence-electron chi connectivity index (χ0n) is 9.12. The molecule has 0 fully saturated rings. The van der Waals surface area contributed by atoms with E-state index < -0.39 is 11.8 Å². The van der Waals surface area contributed by atoms with Crippen LogP contribution < -0.4 is 0 Å². The number of aromatic nitrogens is 1. The van der Waals surface area contributed by atoms with Crippen LogP contribution >= 0.6 is 34.8 Å². The molecule has 0 spiro atoms. The van der Waals surface area contributed by atoms with Crippen molar-refractivity contribution in [3.63, 3.8) is 0 Å². The van der Waals surface area contributed by atoms with Gasteiger partial charge in [-0.3, -0.25) is 0 Å². The molecule has 19 heavy (non-hydrogen) atoms. The Morgan fingerprint density at radius 3 is 2.47 bits per heavy atom. The Morgan fingerprint density at radius 1 is 1.21 bits per heavy atom. The Labute approximate surface area is 122 Å². The molecule has 98 valence electrons. The topological polar surface area (TPSA) is 50.2 Å². The van der Waals surface area contributed by atoms with Gasteiger partial charge in [-0.25, -0.2) is 14.2 Å². The summed E-state index contributed by atoms with van der Waals surface area (Å²) in [6, 6.07) is 3.91. The quantitative estimate of drug-likeness (QED) is 0.826. The summed E-state index contributed by atoms with van der Waals surface area (Å²) in [4.78, 5) is 14.6. The van der Waals surface area contributed by atoms with Gasteiger partial charge in [-0.05, 0) is 18.2 Å². The number of nitrogens with zero attached hydrogens (tertiary/aromatic N) is 1. The van der Waals surface area contributed by atoms with Crippen molar-refractivity contribution in [1.29, 1.82) is 0 Å². The summed E-state index contributed by atoms with van der Waals surface area (Å²) in [5, 5.41) is 9.45.